The van der Waals surface area contributed by atoms with Crippen LogP contribution in [0.4, 0.5) is 11.4 Å². The van der Waals surface area contributed by atoms with Crippen molar-refractivity contribution in [2.24, 2.45) is 0 Å². The molecule has 8 nitrogen and oxygen atoms in total. The van der Waals surface area contributed by atoms with Gasteiger partial charge >= 0.3 is 11.9 Å². The van der Waals surface area contributed by atoms with E-state index >= 15 is 0 Å². The second kappa shape index (κ2) is 7.91. The Morgan fingerprint density at radius 3 is 2.26 bits per heavy atom. The van der Waals surface area contributed by atoms with Gasteiger partial charge in [-0.25, -0.2) is 9.59 Å². The third-order valence-electron chi connectivity index (χ3n) is 5.27. The van der Waals surface area contributed by atoms with Crippen molar-refractivity contribution < 1.29 is 24.0 Å². The molecule has 0 bridgehead atoms. The Hall–Kier alpha value is -4.20. The van der Waals surface area contributed by atoms with Gasteiger partial charge in [0.25, 0.3) is 5.69 Å². The zero-order valence-corrected chi connectivity index (χ0v) is 16.7. The topological polar surface area (TPSA) is 108 Å². The number of esters is 2. The molecule has 0 amide bonds. The zero-order chi connectivity index (χ0) is 22.1. The summed E-state index contributed by atoms with van der Waals surface area (Å²) in [7, 11) is 2.48. The number of carbonyl (C=O) groups is 2. The normalized spacial score (nSPS) is 15.1. The molecule has 1 N–H and O–H groups in total. The third-order valence-corrected chi connectivity index (χ3v) is 5.27. The summed E-state index contributed by atoms with van der Waals surface area (Å²) in [5.74, 6) is -1.37. The molecule has 3 aromatic carbocycles. The number of hydrogen-bond acceptors (Lipinski definition) is 7. The second-order valence-electron chi connectivity index (χ2n) is 6.91. The SMILES string of the molecule is COC(=O)C1=C(C(=O)OC)C(c2ccc([N+](=O)[O-])cc2)Nc2ccc3ccccc3c21. The molecule has 8 heteroatoms. The van der Waals surface area contributed by atoms with Crippen LogP contribution in [-0.4, -0.2) is 31.1 Å². The summed E-state index contributed by atoms with van der Waals surface area (Å²) in [6.07, 6.45) is 0. The number of fused-ring (bicyclic) bond motifs is 3. The first-order valence-corrected chi connectivity index (χ1v) is 9.40. The molecule has 1 atom stereocenters. The number of nitrogens with one attached hydrogen (secondary N) is 1. The lowest BCUT2D eigenvalue weighted by molar-refractivity contribution is -0.384. The summed E-state index contributed by atoms with van der Waals surface area (Å²) in [6, 6.07) is 16.2. The number of nitrogens with zero attached hydrogens (tertiary/aromatic N) is 1. The lowest BCUT2D eigenvalue weighted by Gasteiger charge is -2.31. The lowest BCUT2D eigenvalue weighted by atomic mass is 9.84. The lowest BCUT2D eigenvalue weighted by Crippen LogP contribution is -2.28. The van der Waals surface area contributed by atoms with Gasteiger partial charge in [-0.3, -0.25) is 10.1 Å². The van der Waals surface area contributed by atoms with Crippen LogP contribution in [0.25, 0.3) is 16.3 Å². The zero-order valence-electron chi connectivity index (χ0n) is 16.7. The van der Waals surface area contributed by atoms with Gasteiger partial charge in [-0.1, -0.05) is 30.3 Å². The fourth-order valence-corrected chi connectivity index (χ4v) is 3.85. The molecule has 0 saturated carbocycles. The second-order valence-corrected chi connectivity index (χ2v) is 6.91. The monoisotopic (exact) mass is 418 g/mol. The van der Waals surface area contributed by atoms with Gasteiger partial charge < -0.3 is 14.8 Å². The van der Waals surface area contributed by atoms with Crippen molar-refractivity contribution in [1.29, 1.82) is 0 Å². The maximum atomic E-state index is 12.9. The Bertz CT molecular complexity index is 1250. The number of hydrogen-bond donors (Lipinski definition) is 1. The Morgan fingerprint density at radius 1 is 0.935 bits per heavy atom. The molecule has 31 heavy (non-hydrogen) atoms. The van der Waals surface area contributed by atoms with E-state index < -0.39 is 22.9 Å². The average molecular weight is 418 g/mol. The van der Waals surface area contributed by atoms with Crippen molar-refractivity contribution >= 4 is 39.7 Å². The number of methoxy groups -OCH3 is 2. The van der Waals surface area contributed by atoms with Crippen LogP contribution in [0.2, 0.25) is 0 Å². The molecule has 4 rings (SSSR count). The summed E-state index contributed by atoms with van der Waals surface area (Å²) >= 11 is 0. The van der Waals surface area contributed by atoms with E-state index in [4.69, 9.17) is 9.47 Å². The van der Waals surface area contributed by atoms with E-state index in [0.29, 0.717) is 16.8 Å². The molecule has 1 aliphatic rings. The predicted molar refractivity (Wildman–Crippen MR) is 114 cm³/mol. The van der Waals surface area contributed by atoms with E-state index in [1.165, 1.54) is 26.4 Å². The highest BCUT2D eigenvalue weighted by molar-refractivity contribution is 6.28. The average Bonchev–Trinajstić information content (AvgIpc) is 2.81. The van der Waals surface area contributed by atoms with E-state index in [0.717, 1.165) is 10.8 Å². The molecule has 1 unspecified atom stereocenters. The number of anilines is 1. The van der Waals surface area contributed by atoms with E-state index in [1.807, 2.05) is 36.4 Å². The maximum absolute atomic E-state index is 12.9. The summed E-state index contributed by atoms with van der Waals surface area (Å²) in [5.41, 5.74) is 1.84. The van der Waals surface area contributed by atoms with Crippen LogP contribution >= 0.6 is 0 Å². The van der Waals surface area contributed by atoms with Crippen LogP contribution < -0.4 is 5.32 Å². The largest absolute Gasteiger partial charge is 0.466 e. The van der Waals surface area contributed by atoms with Gasteiger partial charge in [0.2, 0.25) is 0 Å². The Morgan fingerprint density at radius 2 is 1.61 bits per heavy atom. The Kier molecular flexibility index (Phi) is 5.12. The molecule has 156 valence electrons. The molecular weight excluding hydrogens is 400 g/mol. The minimum absolute atomic E-state index is 0.0760. The van der Waals surface area contributed by atoms with Gasteiger partial charge in [-0.05, 0) is 34.5 Å². The maximum Gasteiger partial charge on any atom is 0.339 e. The number of carbonyl (C=O) groups excluding carboxylic acids is 2. The number of benzene rings is 3. The smallest absolute Gasteiger partial charge is 0.339 e. The molecule has 0 radical (unpaired) electrons. The standard InChI is InChI=1S/C23H18N2O6/c1-30-22(26)19-18-16-6-4-3-5-13(16)9-12-17(18)24-21(20(19)23(27)31-2)14-7-10-15(11-8-14)25(28)29/h3-12,21,24H,1-2H3. The summed E-state index contributed by atoms with van der Waals surface area (Å²) in [4.78, 5) is 36.3. The van der Waals surface area contributed by atoms with Crippen LogP contribution in [0.5, 0.6) is 0 Å². The van der Waals surface area contributed by atoms with Crippen LogP contribution in [-0.2, 0) is 19.1 Å². The van der Waals surface area contributed by atoms with Crippen molar-refractivity contribution in [2.45, 2.75) is 6.04 Å². The van der Waals surface area contributed by atoms with Crippen LogP contribution in [0, 0.1) is 10.1 Å². The van der Waals surface area contributed by atoms with Crippen LogP contribution in [0.15, 0.2) is 66.2 Å². The quantitative estimate of drug-likeness (QED) is 0.387. The van der Waals surface area contributed by atoms with E-state index in [-0.39, 0.29) is 16.8 Å². The molecule has 0 spiro atoms. The van der Waals surface area contributed by atoms with Gasteiger partial charge in [0.15, 0.2) is 0 Å². The molecular formula is C23H18N2O6. The first kappa shape index (κ1) is 20.1. The molecule has 0 fully saturated rings. The molecule has 1 aliphatic heterocycles. The van der Waals surface area contributed by atoms with Crippen molar-refractivity contribution in [2.75, 3.05) is 19.5 Å². The van der Waals surface area contributed by atoms with Crippen molar-refractivity contribution in [1.82, 2.24) is 0 Å². The first-order valence-electron chi connectivity index (χ1n) is 9.40. The number of ether oxygens (including phenoxy) is 2. The number of nitro benzene ring substituents is 1. The number of rotatable bonds is 4. The molecule has 0 aliphatic carbocycles. The molecule has 0 aromatic heterocycles. The van der Waals surface area contributed by atoms with Gasteiger partial charge in [-0.2, -0.15) is 0 Å². The fraction of sp³-hybridized carbons (Fsp3) is 0.130. The fourth-order valence-electron chi connectivity index (χ4n) is 3.85. The van der Waals surface area contributed by atoms with E-state index in [9.17, 15) is 19.7 Å². The predicted octanol–water partition coefficient (Wildman–Crippen LogP) is 4.01. The van der Waals surface area contributed by atoms with Gasteiger partial charge in [0.1, 0.15) is 0 Å². The van der Waals surface area contributed by atoms with Crippen molar-refractivity contribution in [3.63, 3.8) is 0 Å². The number of nitro groups is 1. The van der Waals surface area contributed by atoms with Gasteiger partial charge in [0, 0.05) is 23.4 Å². The van der Waals surface area contributed by atoms with Gasteiger partial charge in [0.05, 0.1) is 36.3 Å². The number of non-ortho nitro benzene ring substituents is 1. The highest BCUT2D eigenvalue weighted by atomic mass is 16.6. The summed E-state index contributed by atoms with van der Waals surface area (Å²) < 4.78 is 10.0. The van der Waals surface area contributed by atoms with Gasteiger partial charge in [-0.15, -0.1) is 0 Å². The van der Waals surface area contributed by atoms with E-state index in [1.54, 1.807) is 12.1 Å². The first-order chi connectivity index (χ1) is 15.0. The minimum Gasteiger partial charge on any atom is -0.466 e. The molecule has 3 aromatic rings. The van der Waals surface area contributed by atoms with E-state index in [2.05, 4.69) is 5.32 Å². The molecule has 0 saturated heterocycles. The highest BCUT2D eigenvalue weighted by Gasteiger charge is 2.37. The van der Waals surface area contributed by atoms with Crippen molar-refractivity contribution in [3.8, 4) is 0 Å². The Labute approximate surface area is 177 Å². The molecule has 1 heterocycles. The van der Waals surface area contributed by atoms with Crippen molar-refractivity contribution in [3.05, 3.63) is 87.5 Å². The summed E-state index contributed by atoms with van der Waals surface area (Å²) in [5, 5.41) is 16.0. The van der Waals surface area contributed by atoms with Crippen LogP contribution in [0.1, 0.15) is 17.2 Å². The highest BCUT2D eigenvalue weighted by Crippen LogP contribution is 2.44. The Balaban J connectivity index is 2.02. The minimum atomic E-state index is -0.768. The third kappa shape index (κ3) is 3.38. The summed E-state index contributed by atoms with van der Waals surface area (Å²) in [6.45, 7) is 0. The van der Waals surface area contributed by atoms with Crippen LogP contribution in [0.3, 0.4) is 0 Å².